The van der Waals surface area contributed by atoms with Gasteiger partial charge in [0.05, 0.1) is 11.3 Å². The van der Waals surface area contributed by atoms with Crippen molar-refractivity contribution >= 4 is 5.82 Å². The first-order valence-electron chi connectivity index (χ1n) is 5.19. The van der Waals surface area contributed by atoms with E-state index in [1.54, 1.807) is 6.07 Å². The number of nitriles is 1. The summed E-state index contributed by atoms with van der Waals surface area (Å²) in [6.07, 6.45) is -4.52. The molecule has 1 aromatic carbocycles. The Morgan fingerprint density at radius 3 is 2.47 bits per heavy atom. The van der Waals surface area contributed by atoms with Gasteiger partial charge in [0.2, 0.25) is 5.69 Å². The maximum Gasteiger partial charge on any atom is 0.418 e. The third-order valence-corrected chi connectivity index (χ3v) is 2.38. The van der Waals surface area contributed by atoms with E-state index in [0.717, 1.165) is 10.9 Å². The molecule has 0 saturated heterocycles. The molecular weight excluding hydrogens is 259 g/mol. The molecule has 0 amide bonds. The summed E-state index contributed by atoms with van der Waals surface area (Å²) < 4.78 is 38.6. The Kier molecular flexibility index (Phi) is 3.12. The molecule has 0 unspecified atom stereocenters. The molecule has 2 rings (SSSR count). The van der Waals surface area contributed by atoms with E-state index >= 15 is 0 Å². The lowest BCUT2D eigenvalue weighted by atomic mass is 10.2. The molecule has 0 aliphatic heterocycles. The summed E-state index contributed by atoms with van der Waals surface area (Å²) in [6, 6.07) is 6.65. The molecular formula is C11H8F3N5. The van der Waals surface area contributed by atoms with Gasteiger partial charge in [0.1, 0.15) is 6.07 Å². The van der Waals surface area contributed by atoms with Crippen LogP contribution in [0.25, 0.3) is 5.69 Å². The first-order chi connectivity index (χ1) is 8.97. The number of nitrogens with one attached hydrogen (secondary N) is 1. The Morgan fingerprint density at radius 1 is 1.26 bits per heavy atom. The van der Waals surface area contributed by atoms with Crippen LogP contribution >= 0.6 is 0 Å². The molecule has 19 heavy (non-hydrogen) atoms. The maximum absolute atomic E-state index is 12.9. The lowest BCUT2D eigenvalue weighted by molar-refractivity contribution is -0.137. The van der Waals surface area contributed by atoms with E-state index in [1.165, 1.54) is 25.2 Å². The van der Waals surface area contributed by atoms with Crippen molar-refractivity contribution in [2.45, 2.75) is 6.18 Å². The molecule has 0 bridgehead atoms. The number of benzene rings is 1. The van der Waals surface area contributed by atoms with Gasteiger partial charge in [-0.3, -0.25) is 0 Å². The molecule has 0 radical (unpaired) electrons. The van der Waals surface area contributed by atoms with E-state index in [1.807, 2.05) is 0 Å². The van der Waals surface area contributed by atoms with Gasteiger partial charge in [-0.05, 0) is 12.1 Å². The van der Waals surface area contributed by atoms with Gasteiger partial charge < -0.3 is 5.32 Å². The number of anilines is 1. The van der Waals surface area contributed by atoms with Crippen molar-refractivity contribution in [3.8, 4) is 11.8 Å². The lowest BCUT2D eigenvalue weighted by Crippen LogP contribution is -2.12. The van der Waals surface area contributed by atoms with Crippen LogP contribution in [-0.4, -0.2) is 22.0 Å². The Hall–Kier alpha value is -2.56. The zero-order chi connectivity index (χ0) is 14.0. The second-order valence-electron chi connectivity index (χ2n) is 3.56. The molecule has 5 nitrogen and oxygen atoms in total. The third-order valence-electron chi connectivity index (χ3n) is 2.38. The highest BCUT2D eigenvalue weighted by Gasteiger charge is 2.34. The van der Waals surface area contributed by atoms with Gasteiger partial charge in [0.25, 0.3) is 0 Å². The number of alkyl halides is 3. The zero-order valence-electron chi connectivity index (χ0n) is 9.73. The predicted molar refractivity (Wildman–Crippen MR) is 60.6 cm³/mol. The minimum atomic E-state index is -4.52. The summed E-state index contributed by atoms with van der Waals surface area (Å²) in [7, 11) is 1.50. The minimum Gasteiger partial charge on any atom is -0.369 e. The van der Waals surface area contributed by atoms with Crippen LogP contribution in [0.3, 0.4) is 0 Å². The van der Waals surface area contributed by atoms with Crippen molar-refractivity contribution in [1.82, 2.24) is 15.0 Å². The molecule has 0 saturated carbocycles. The molecule has 8 heteroatoms. The number of nitrogens with zero attached hydrogens (tertiary/aromatic N) is 4. The Balaban J connectivity index is 2.60. The number of hydrogen-bond acceptors (Lipinski definition) is 4. The number of para-hydroxylation sites is 1. The molecule has 98 valence electrons. The summed E-state index contributed by atoms with van der Waals surface area (Å²) in [4.78, 5) is 0.799. The van der Waals surface area contributed by atoms with Crippen LogP contribution in [-0.2, 0) is 6.18 Å². The average molecular weight is 267 g/mol. The van der Waals surface area contributed by atoms with E-state index in [4.69, 9.17) is 5.26 Å². The van der Waals surface area contributed by atoms with E-state index < -0.39 is 11.7 Å². The summed E-state index contributed by atoms with van der Waals surface area (Å²) >= 11 is 0. The number of aromatic nitrogens is 3. The fourth-order valence-electron chi connectivity index (χ4n) is 1.55. The standard InChI is InChI=1S/C11H8F3N5/c1-16-10-8(6-15)17-19(18-10)9-5-3-2-4-7(9)11(12,13)14/h2-5H,1H3,(H,16,18). The van der Waals surface area contributed by atoms with Gasteiger partial charge in [0.15, 0.2) is 5.82 Å². The average Bonchev–Trinajstić information content (AvgIpc) is 2.81. The van der Waals surface area contributed by atoms with Crippen LogP contribution in [0, 0.1) is 11.3 Å². The first-order valence-corrected chi connectivity index (χ1v) is 5.19. The summed E-state index contributed by atoms with van der Waals surface area (Å²) in [5, 5.41) is 18.9. The summed E-state index contributed by atoms with van der Waals surface area (Å²) in [6.45, 7) is 0. The van der Waals surface area contributed by atoms with E-state index in [2.05, 4.69) is 15.5 Å². The van der Waals surface area contributed by atoms with Crippen molar-refractivity contribution in [2.24, 2.45) is 0 Å². The van der Waals surface area contributed by atoms with Crippen LogP contribution in [0.5, 0.6) is 0 Å². The predicted octanol–water partition coefficient (Wildman–Crippen LogP) is 2.20. The number of rotatable bonds is 2. The minimum absolute atomic E-state index is 0.0699. The van der Waals surface area contributed by atoms with Crippen molar-refractivity contribution in [3.05, 3.63) is 35.5 Å². The largest absolute Gasteiger partial charge is 0.418 e. The van der Waals surface area contributed by atoms with E-state index in [-0.39, 0.29) is 17.2 Å². The lowest BCUT2D eigenvalue weighted by Gasteiger charge is -2.10. The fraction of sp³-hybridized carbons (Fsp3) is 0.182. The first kappa shape index (κ1) is 12.9. The zero-order valence-corrected chi connectivity index (χ0v) is 9.73. The van der Waals surface area contributed by atoms with Crippen LogP contribution < -0.4 is 5.32 Å². The molecule has 2 aromatic rings. The smallest absolute Gasteiger partial charge is 0.369 e. The van der Waals surface area contributed by atoms with Gasteiger partial charge in [-0.1, -0.05) is 12.1 Å². The molecule has 1 aromatic heterocycles. The number of hydrogen-bond donors (Lipinski definition) is 1. The summed E-state index contributed by atoms with van der Waals surface area (Å²) in [5.74, 6) is 0.125. The highest BCUT2D eigenvalue weighted by molar-refractivity contribution is 5.48. The van der Waals surface area contributed by atoms with Gasteiger partial charge in [0, 0.05) is 7.05 Å². The van der Waals surface area contributed by atoms with Crippen molar-refractivity contribution in [3.63, 3.8) is 0 Å². The highest BCUT2D eigenvalue weighted by atomic mass is 19.4. The Labute approximate surface area is 106 Å². The van der Waals surface area contributed by atoms with Crippen molar-refractivity contribution in [1.29, 1.82) is 5.26 Å². The van der Waals surface area contributed by atoms with Crippen molar-refractivity contribution in [2.75, 3.05) is 12.4 Å². The third kappa shape index (κ3) is 2.35. The molecule has 0 spiro atoms. The van der Waals surface area contributed by atoms with E-state index in [9.17, 15) is 13.2 Å². The monoisotopic (exact) mass is 267 g/mol. The van der Waals surface area contributed by atoms with Crippen LogP contribution in [0.2, 0.25) is 0 Å². The maximum atomic E-state index is 12.9. The van der Waals surface area contributed by atoms with Crippen LogP contribution in [0.1, 0.15) is 11.3 Å². The van der Waals surface area contributed by atoms with Gasteiger partial charge in [-0.15, -0.1) is 15.0 Å². The van der Waals surface area contributed by atoms with Crippen LogP contribution in [0.4, 0.5) is 19.0 Å². The second-order valence-corrected chi connectivity index (χ2v) is 3.56. The van der Waals surface area contributed by atoms with Gasteiger partial charge in [-0.2, -0.15) is 18.4 Å². The normalized spacial score (nSPS) is 11.1. The quantitative estimate of drug-likeness (QED) is 0.905. The topological polar surface area (TPSA) is 66.5 Å². The molecule has 1 N–H and O–H groups in total. The van der Waals surface area contributed by atoms with Crippen LogP contribution in [0.15, 0.2) is 24.3 Å². The Morgan fingerprint density at radius 2 is 1.95 bits per heavy atom. The van der Waals surface area contributed by atoms with Gasteiger partial charge >= 0.3 is 6.18 Å². The molecule has 0 aliphatic rings. The molecule has 1 heterocycles. The summed E-state index contributed by atoms with van der Waals surface area (Å²) in [5.41, 5.74) is -1.16. The van der Waals surface area contributed by atoms with Gasteiger partial charge in [-0.25, -0.2) is 0 Å². The SMILES string of the molecule is CNc1nn(-c2ccccc2C(F)(F)F)nc1C#N. The molecule has 0 atom stereocenters. The van der Waals surface area contributed by atoms with Crippen molar-refractivity contribution < 1.29 is 13.2 Å². The fourth-order valence-corrected chi connectivity index (χ4v) is 1.55. The van der Waals surface area contributed by atoms with E-state index in [0.29, 0.717) is 0 Å². The Bertz CT molecular complexity index is 639. The second kappa shape index (κ2) is 4.61. The highest BCUT2D eigenvalue weighted by Crippen LogP contribution is 2.33. The molecule has 0 aliphatic carbocycles. The molecule has 0 fully saturated rings. The number of halogens is 3.